The van der Waals surface area contributed by atoms with E-state index >= 15 is 0 Å². The smallest absolute Gasteiger partial charge is 0.253 e. The molecule has 2 aromatic heterocycles. The second-order valence-corrected chi connectivity index (χ2v) is 8.64. The maximum absolute atomic E-state index is 13.4. The largest absolute Gasteiger partial charge is 0.493 e. The first-order valence-electron chi connectivity index (χ1n) is 10.5. The van der Waals surface area contributed by atoms with Crippen LogP contribution in [0.4, 0.5) is 5.13 Å². The maximum Gasteiger partial charge on any atom is 0.253 e. The summed E-state index contributed by atoms with van der Waals surface area (Å²) in [5, 5.41) is 0.657. The number of pyridine rings is 1. The molecule has 6 nitrogen and oxygen atoms in total. The third-order valence-corrected chi connectivity index (χ3v) is 6.42. The van der Waals surface area contributed by atoms with E-state index < -0.39 is 0 Å². The van der Waals surface area contributed by atoms with Gasteiger partial charge in [0.1, 0.15) is 0 Å². The summed E-state index contributed by atoms with van der Waals surface area (Å²) in [5.74, 6) is 1.08. The molecule has 0 aliphatic rings. The first-order valence-corrected chi connectivity index (χ1v) is 11.3. The van der Waals surface area contributed by atoms with Crippen LogP contribution >= 0.6 is 11.3 Å². The molecule has 0 spiro atoms. The molecule has 4 aromatic rings. The second kappa shape index (κ2) is 9.83. The van der Waals surface area contributed by atoms with Gasteiger partial charge < -0.3 is 9.47 Å². The summed E-state index contributed by atoms with van der Waals surface area (Å²) in [6.07, 6.45) is 6.81. The molecule has 0 radical (unpaired) electrons. The third kappa shape index (κ3) is 5.04. The van der Waals surface area contributed by atoms with E-state index in [4.69, 9.17) is 14.5 Å². The monoisotopic (exact) mass is 459 g/mol. The number of fused-ring (bicyclic) bond motifs is 1. The van der Waals surface area contributed by atoms with Crippen LogP contribution in [0.5, 0.6) is 11.5 Å². The highest BCUT2D eigenvalue weighted by Gasteiger charge is 2.19. The summed E-state index contributed by atoms with van der Waals surface area (Å²) < 4.78 is 11.7. The van der Waals surface area contributed by atoms with E-state index in [-0.39, 0.29) is 5.91 Å². The van der Waals surface area contributed by atoms with E-state index in [1.807, 2.05) is 30.3 Å². The molecule has 0 N–H and O–H groups in total. The number of anilines is 1. The number of carbonyl (C=O) groups excluding carboxylic acids is 1. The van der Waals surface area contributed by atoms with Gasteiger partial charge in [0.25, 0.3) is 5.91 Å². The zero-order chi connectivity index (χ0) is 23.4. The second-order valence-electron chi connectivity index (χ2n) is 7.66. The number of hydrogen-bond acceptors (Lipinski definition) is 6. The Morgan fingerprint density at radius 3 is 2.64 bits per heavy atom. The highest BCUT2D eigenvalue weighted by molar-refractivity contribution is 7.22. The van der Waals surface area contributed by atoms with Gasteiger partial charge in [0.05, 0.1) is 31.0 Å². The van der Waals surface area contributed by atoms with Crippen LogP contribution in [0.25, 0.3) is 16.3 Å². The van der Waals surface area contributed by atoms with Gasteiger partial charge in [-0.1, -0.05) is 29.5 Å². The van der Waals surface area contributed by atoms with Gasteiger partial charge in [-0.25, -0.2) is 4.98 Å². The predicted molar refractivity (Wildman–Crippen MR) is 133 cm³/mol. The maximum atomic E-state index is 13.4. The molecular formula is C26H25N3O3S. The van der Waals surface area contributed by atoms with E-state index in [1.54, 1.807) is 43.7 Å². The number of thiazole rings is 1. The first kappa shape index (κ1) is 22.5. The molecule has 1 amide bonds. The number of aromatic nitrogens is 2. The summed E-state index contributed by atoms with van der Waals surface area (Å²) in [4.78, 5) is 24.0. The average molecular weight is 460 g/mol. The third-order valence-electron chi connectivity index (χ3n) is 5.20. The molecule has 0 fully saturated rings. The van der Waals surface area contributed by atoms with Gasteiger partial charge in [0.15, 0.2) is 16.6 Å². The van der Waals surface area contributed by atoms with Crippen molar-refractivity contribution in [2.75, 3.05) is 19.1 Å². The average Bonchev–Trinajstić information content (AvgIpc) is 3.25. The quantitative estimate of drug-likeness (QED) is 0.338. The molecule has 7 heteroatoms. The van der Waals surface area contributed by atoms with Crippen LogP contribution < -0.4 is 14.4 Å². The molecule has 0 unspecified atom stereocenters. The molecule has 168 valence electrons. The number of amides is 1. The minimum Gasteiger partial charge on any atom is -0.493 e. The zero-order valence-corrected chi connectivity index (χ0v) is 19.8. The highest BCUT2D eigenvalue weighted by Crippen LogP contribution is 2.33. The minimum absolute atomic E-state index is 0.165. The van der Waals surface area contributed by atoms with Gasteiger partial charge in [0.2, 0.25) is 0 Å². The van der Waals surface area contributed by atoms with E-state index in [2.05, 4.69) is 31.0 Å². The Balaban J connectivity index is 1.68. The Bertz CT molecular complexity index is 1320. The summed E-state index contributed by atoms with van der Waals surface area (Å²) in [6, 6.07) is 13.5. The van der Waals surface area contributed by atoms with E-state index in [9.17, 15) is 4.79 Å². The molecular weight excluding hydrogens is 434 g/mol. The SMILES string of the molecule is COc1ccc(/C=C/C(=O)N(Cc2cccnc2)c2nc3cc(C)cc(C)c3s2)cc1OC. The van der Waals surface area contributed by atoms with Crippen LogP contribution in [-0.2, 0) is 11.3 Å². The normalized spacial score (nSPS) is 11.2. The van der Waals surface area contributed by atoms with Crippen LogP contribution in [-0.4, -0.2) is 30.1 Å². The van der Waals surface area contributed by atoms with Gasteiger partial charge in [-0.15, -0.1) is 0 Å². The molecule has 0 bridgehead atoms. The van der Waals surface area contributed by atoms with Gasteiger partial charge >= 0.3 is 0 Å². The fourth-order valence-electron chi connectivity index (χ4n) is 3.61. The number of rotatable bonds is 7. The lowest BCUT2D eigenvalue weighted by molar-refractivity contribution is -0.114. The number of nitrogens with zero attached hydrogens (tertiary/aromatic N) is 3. The van der Waals surface area contributed by atoms with Crippen LogP contribution in [0.15, 0.2) is 60.9 Å². The molecule has 2 aromatic carbocycles. The zero-order valence-electron chi connectivity index (χ0n) is 19.0. The van der Waals surface area contributed by atoms with Crippen molar-refractivity contribution >= 4 is 38.7 Å². The van der Waals surface area contributed by atoms with Crippen LogP contribution in [0.3, 0.4) is 0 Å². The summed E-state index contributed by atoms with van der Waals surface area (Å²) in [6.45, 7) is 4.50. The molecule has 0 saturated heterocycles. The fourth-order valence-corrected chi connectivity index (χ4v) is 4.63. The van der Waals surface area contributed by atoms with Crippen molar-refractivity contribution in [3.8, 4) is 11.5 Å². The van der Waals surface area contributed by atoms with E-state index in [0.717, 1.165) is 32.5 Å². The molecule has 33 heavy (non-hydrogen) atoms. The van der Waals surface area contributed by atoms with E-state index in [0.29, 0.717) is 23.2 Å². The van der Waals surface area contributed by atoms with Crippen LogP contribution in [0.2, 0.25) is 0 Å². The van der Waals surface area contributed by atoms with Gasteiger partial charge in [-0.05, 0) is 66.4 Å². The Hall–Kier alpha value is -3.71. The number of methoxy groups -OCH3 is 2. The number of aryl methyl sites for hydroxylation is 2. The van der Waals surface area contributed by atoms with Gasteiger partial charge in [0, 0.05) is 18.5 Å². The van der Waals surface area contributed by atoms with Crippen LogP contribution in [0.1, 0.15) is 22.3 Å². The Labute approximate surface area is 197 Å². The number of benzene rings is 2. The van der Waals surface area contributed by atoms with Crippen molar-refractivity contribution in [3.63, 3.8) is 0 Å². The van der Waals surface area contributed by atoms with Crippen molar-refractivity contribution in [2.24, 2.45) is 0 Å². The van der Waals surface area contributed by atoms with E-state index in [1.165, 1.54) is 11.3 Å². The first-order chi connectivity index (χ1) is 16.0. The standard InChI is InChI=1S/C26H25N3O3S/c1-17-12-18(2)25-21(13-17)28-26(33-25)29(16-20-6-5-11-27-15-20)24(30)10-8-19-7-9-22(31-3)23(14-19)32-4/h5-15H,16H2,1-4H3/b10-8+. The fraction of sp³-hybridized carbons (Fsp3) is 0.192. The molecule has 4 rings (SSSR count). The summed E-state index contributed by atoms with van der Waals surface area (Å²) in [7, 11) is 3.18. The van der Waals surface area contributed by atoms with Crippen molar-refractivity contribution in [1.29, 1.82) is 0 Å². The topological polar surface area (TPSA) is 64.5 Å². The Kier molecular flexibility index (Phi) is 6.70. The van der Waals surface area contributed by atoms with Crippen molar-refractivity contribution in [1.82, 2.24) is 9.97 Å². The minimum atomic E-state index is -0.165. The highest BCUT2D eigenvalue weighted by atomic mass is 32.1. The summed E-state index contributed by atoms with van der Waals surface area (Å²) in [5.41, 5.74) is 4.97. The van der Waals surface area contributed by atoms with Crippen molar-refractivity contribution < 1.29 is 14.3 Å². The molecule has 0 aliphatic carbocycles. The summed E-state index contributed by atoms with van der Waals surface area (Å²) >= 11 is 1.52. The molecule has 0 saturated carbocycles. The molecule has 0 atom stereocenters. The number of carbonyl (C=O) groups is 1. The van der Waals surface area contributed by atoms with Crippen LogP contribution in [0, 0.1) is 13.8 Å². The Morgan fingerprint density at radius 2 is 1.91 bits per heavy atom. The predicted octanol–water partition coefficient (Wildman–Crippen LogP) is 5.57. The van der Waals surface area contributed by atoms with Crippen molar-refractivity contribution in [2.45, 2.75) is 20.4 Å². The Morgan fingerprint density at radius 1 is 1.09 bits per heavy atom. The number of ether oxygens (including phenoxy) is 2. The van der Waals surface area contributed by atoms with Crippen molar-refractivity contribution in [3.05, 3.63) is 83.2 Å². The lowest BCUT2D eigenvalue weighted by Gasteiger charge is -2.18. The van der Waals surface area contributed by atoms with Gasteiger partial charge in [-0.2, -0.15) is 0 Å². The molecule has 0 aliphatic heterocycles. The van der Waals surface area contributed by atoms with Gasteiger partial charge in [-0.3, -0.25) is 14.7 Å². The lowest BCUT2D eigenvalue weighted by atomic mass is 10.1. The lowest BCUT2D eigenvalue weighted by Crippen LogP contribution is -2.28. The molecule has 2 heterocycles. The number of hydrogen-bond donors (Lipinski definition) is 0.